The lowest BCUT2D eigenvalue weighted by atomic mass is 9.80. The Morgan fingerprint density at radius 3 is 2.68 bits per heavy atom. The highest BCUT2D eigenvalue weighted by molar-refractivity contribution is 5.99. The van der Waals surface area contributed by atoms with Gasteiger partial charge in [-0.25, -0.2) is 0 Å². The highest BCUT2D eigenvalue weighted by atomic mass is 16.5. The molecular formula is C24H32N2O5. The summed E-state index contributed by atoms with van der Waals surface area (Å²) < 4.78 is 13.5. The number of rotatable bonds is 4. The Morgan fingerprint density at radius 1 is 1.26 bits per heavy atom. The van der Waals surface area contributed by atoms with Gasteiger partial charge in [-0.3, -0.25) is 9.59 Å². The van der Waals surface area contributed by atoms with Crippen LogP contribution >= 0.6 is 0 Å². The summed E-state index contributed by atoms with van der Waals surface area (Å²) in [6.45, 7) is 4.32. The Labute approximate surface area is 182 Å². The molecule has 1 aliphatic carbocycles. The summed E-state index contributed by atoms with van der Waals surface area (Å²) in [5.74, 6) is 0.667. The minimum atomic E-state index is -0.825. The second-order valence-electron chi connectivity index (χ2n) is 9.60. The van der Waals surface area contributed by atoms with Crippen LogP contribution in [0.1, 0.15) is 62.7 Å². The van der Waals surface area contributed by atoms with Crippen molar-refractivity contribution < 1.29 is 19.4 Å². The van der Waals surface area contributed by atoms with Crippen LogP contribution in [0.15, 0.2) is 23.0 Å². The number of hydrogen-bond donors (Lipinski definition) is 2. The molecule has 7 heteroatoms. The van der Waals surface area contributed by atoms with Crippen LogP contribution in [0.5, 0.6) is 11.5 Å². The van der Waals surface area contributed by atoms with Gasteiger partial charge in [0.05, 0.1) is 31.4 Å². The van der Waals surface area contributed by atoms with Gasteiger partial charge in [0, 0.05) is 11.9 Å². The minimum absolute atomic E-state index is 0.0739. The topological polar surface area (TPSA) is 89.8 Å². The largest absolute Gasteiger partial charge is 0.493 e. The quantitative estimate of drug-likeness (QED) is 0.780. The number of amides is 1. The summed E-state index contributed by atoms with van der Waals surface area (Å²) in [7, 11) is 1.59. The van der Waals surface area contributed by atoms with Crippen LogP contribution < -0.4 is 20.3 Å². The van der Waals surface area contributed by atoms with Crippen LogP contribution in [0.25, 0.3) is 10.9 Å². The smallest absolute Gasteiger partial charge is 0.264 e. The lowest BCUT2D eigenvalue weighted by Crippen LogP contribution is -2.48. The van der Waals surface area contributed by atoms with E-state index in [0.717, 1.165) is 31.1 Å². The normalized spacial score (nSPS) is 18.2. The number of aliphatic hydroxyl groups excluding tert-OH is 1. The molecule has 1 aromatic carbocycles. The molecule has 0 bridgehead atoms. The second-order valence-corrected chi connectivity index (χ2v) is 9.60. The van der Waals surface area contributed by atoms with Gasteiger partial charge >= 0.3 is 0 Å². The fourth-order valence-electron chi connectivity index (χ4n) is 4.99. The summed E-state index contributed by atoms with van der Waals surface area (Å²) in [4.78, 5) is 26.5. The molecule has 0 atom stereocenters. The molecular weight excluding hydrogens is 396 g/mol. The molecule has 1 aliphatic heterocycles. The average Bonchev–Trinajstić information content (AvgIpc) is 3.23. The van der Waals surface area contributed by atoms with Crippen molar-refractivity contribution in [1.29, 1.82) is 0 Å². The van der Waals surface area contributed by atoms with Crippen molar-refractivity contribution in [3.63, 3.8) is 0 Å². The number of aryl methyl sites for hydroxylation is 1. The molecule has 1 aromatic heterocycles. The zero-order chi connectivity index (χ0) is 22.2. The first-order valence-corrected chi connectivity index (χ1v) is 11.1. The Balaban J connectivity index is 1.87. The zero-order valence-corrected chi connectivity index (χ0v) is 18.6. The van der Waals surface area contributed by atoms with Gasteiger partial charge in [-0.2, -0.15) is 0 Å². The van der Waals surface area contributed by atoms with Gasteiger partial charge in [-0.1, -0.05) is 12.8 Å². The molecule has 4 rings (SSSR count). The van der Waals surface area contributed by atoms with Crippen molar-refractivity contribution in [2.24, 2.45) is 5.41 Å². The van der Waals surface area contributed by atoms with E-state index in [-0.39, 0.29) is 23.1 Å². The minimum Gasteiger partial charge on any atom is -0.493 e. The van der Waals surface area contributed by atoms with Crippen LogP contribution in [0.2, 0.25) is 0 Å². The number of aromatic nitrogens is 1. The van der Waals surface area contributed by atoms with Gasteiger partial charge in [0.15, 0.2) is 11.5 Å². The monoisotopic (exact) mass is 428 g/mol. The summed E-state index contributed by atoms with van der Waals surface area (Å²) in [5, 5.41) is 13.0. The fourth-order valence-corrected chi connectivity index (χ4v) is 4.99. The second kappa shape index (κ2) is 8.19. The van der Waals surface area contributed by atoms with Crippen molar-refractivity contribution >= 4 is 16.8 Å². The lowest BCUT2D eigenvalue weighted by molar-refractivity contribution is 0.0867. The lowest BCUT2D eigenvalue weighted by Gasteiger charge is -2.28. The number of benzene rings is 1. The highest BCUT2D eigenvalue weighted by Crippen LogP contribution is 2.46. The zero-order valence-electron chi connectivity index (χ0n) is 18.6. The Kier molecular flexibility index (Phi) is 5.73. The maximum atomic E-state index is 13.5. The molecule has 0 radical (unpaired) electrons. The van der Waals surface area contributed by atoms with Gasteiger partial charge in [-0.05, 0) is 63.1 Å². The molecule has 0 unspecified atom stereocenters. The third-order valence-corrected chi connectivity index (χ3v) is 6.89. The van der Waals surface area contributed by atoms with E-state index in [1.54, 1.807) is 31.6 Å². The number of nitrogens with zero attached hydrogens (tertiary/aromatic N) is 1. The molecule has 1 amide bonds. The Morgan fingerprint density at radius 2 is 2.00 bits per heavy atom. The summed E-state index contributed by atoms with van der Waals surface area (Å²) in [5.41, 5.74) is -0.235. The van der Waals surface area contributed by atoms with Crippen molar-refractivity contribution in [3.8, 4) is 11.5 Å². The SMILES string of the molecule is COc1ccc2cc(C(=O)NC(C)(C)CO)c(=O)n3c2c1OCCC1(CCCC1)CC3. The van der Waals surface area contributed by atoms with Gasteiger partial charge in [-0.15, -0.1) is 0 Å². The van der Waals surface area contributed by atoms with Crippen LogP contribution in [-0.4, -0.2) is 41.4 Å². The predicted octanol–water partition coefficient (Wildman–Crippen LogP) is 3.24. The summed E-state index contributed by atoms with van der Waals surface area (Å²) in [6.07, 6.45) is 6.54. The van der Waals surface area contributed by atoms with Crippen LogP contribution in [0.4, 0.5) is 0 Å². The van der Waals surface area contributed by atoms with Gasteiger partial charge in [0.25, 0.3) is 11.5 Å². The molecule has 0 saturated heterocycles. The maximum Gasteiger partial charge on any atom is 0.264 e. The Bertz CT molecular complexity index is 1050. The molecule has 7 nitrogen and oxygen atoms in total. The molecule has 2 heterocycles. The molecule has 2 aliphatic rings. The van der Waals surface area contributed by atoms with E-state index in [9.17, 15) is 14.7 Å². The van der Waals surface area contributed by atoms with Gasteiger partial charge in [0.1, 0.15) is 5.56 Å². The number of nitrogens with one attached hydrogen (secondary N) is 1. The molecule has 168 valence electrons. The Hall–Kier alpha value is -2.54. The molecule has 1 spiro atoms. The van der Waals surface area contributed by atoms with E-state index < -0.39 is 11.4 Å². The number of pyridine rings is 1. The number of carbonyl (C=O) groups is 1. The van der Waals surface area contributed by atoms with E-state index >= 15 is 0 Å². The molecule has 2 N–H and O–H groups in total. The molecule has 1 fully saturated rings. The van der Waals surface area contributed by atoms with Crippen molar-refractivity contribution in [1.82, 2.24) is 9.88 Å². The van der Waals surface area contributed by atoms with Gasteiger partial charge < -0.3 is 24.5 Å². The number of methoxy groups -OCH3 is 1. The van der Waals surface area contributed by atoms with E-state index in [0.29, 0.717) is 30.2 Å². The third kappa shape index (κ3) is 4.03. The van der Waals surface area contributed by atoms with Gasteiger partial charge in [0.2, 0.25) is 0 Å². The van der Waals surface area contributed by atoms with Crippen molar-refractivity contribution in [3.05, 3.63) is 34.1 Å². The van der Waals surface area contributed by atoms with Crippen molar-refractivity contribution in [2.45, 2.75) is 64.5 Å². The van der Waals surface area contributed by atoms with E-state index in [1.807, 2.05) is 12.1 Å². The fraction of sp³-hybridized carbons (Fsp3) is 0.583. The first-order chi connectivity index (χ1) is 14.8. The van der Waals surface area contributed by atoms with Crippen LogP contribution in [0, 0.1) is 5.41 Å². The van der Waals surface area contributed by atoms with E-state index in [2.05, 4.69) is 5.32 Å². The highest BCUT2D eigenvalue weighted by Gasteiger charge is 2.35. The third-order valence-electron chi connectivity index (χ3n) is 6.89. The van der Waals surface area contributed by atoms with Crippen LogP contribution in [0.3, 0.4) is 0 Å². The number of ether oxygens (including phenoxy) is 2. The standard InChI is InChI=1S/C24H32N2O5/c1-23(2,15-27)25-21(28)17-14-16-6-7-18(30-3)20-19(16)26(22(17)29)12-10-24(11-13-31-20)8-4-5-9-24/h6-7,14,27H,4-5,8-13,15H2,1-3H3,(H,25,28). The molecule has 2 aromatic rings. The maximum absolute atomic E-state index is 13.5. The summed E-state index contributed by atoms with van der Waals surface area (Å²) in [6, 6.07) is 5.29. The van der Waals surface area contributed by atoms with E-state index in [1.165, 1.54) is 12.8 Å². The average molecular weight is 429 g/mol. The van der Waals surface area contributed by atoms with Crippen molar-refractivity contribution in [2.75, 3.05) is 20.3 Å². The van der Waals surface area contributed by atoms with Crippen LogP contribution in [-0.2, 0) is 6.54 Å². The summed E-state index contributed by atoms with van der Waals surface area (Å²) >= 11 is 0. The number of hydrogen-bond acceptors (Lipinski definition) is 5. The molecule has 1 saturated carbocycles. The first-order valence-electron chi connectivity index (χ1n) is 11.1. The number of carbonyl (C=O) groups excluding carboxylic acids is 1. The molecule has 31 heavy (non-hydrogen) atoms. The van der Waals surface area contributed by atoms with E-state index in [4.69, 9.17) is 9.47 Å². The predicted molar refractivity (Wildman–Crippen MR) is 119 cm³/mol. The first kappa shape index (κ1) is 21.7. The number of aliphatic hydroxyl groups is 1.